The topological polar surface area (TPSA) is 21.3 Å². The Morgan fingerprint density at radius 2 is 1.88 bits per heavy atom. The van der Waals surface area contributed by atoms with Crippen LogP contribution in [0.25, 0.3) is 0 Å². The third kappa shape index (κ3) is 4.42. The van der Waals surface area contributed by atoms with Gasteiger partial charge in [-0.1, -0.05) is 19.3 Å². The lowest BCUT2D eigenvalue weighted by molar-refractivity contribution is 0.00980. The molecule has 0 aromatic carbocycles. The molecule has 1 rings (SSSR count). The van der Waals surface area contributed by atoms with Crippen molar-refractivity contribution in [1.29, 1.82) is 0 Å². The van der Waals surface area contributed by atoms with Crippen LogP contribution in [0.1, 0.15) is 58.8 Å². The molecule has 2 heteroatoms. The summed E-state index contributed by atoms with van der Waals surface area (Å²) in [6, 6.07) is 0.690. The predicted molar refractivity (Wildman–Crippen MR) is 69.7 cm³/mol. The van der Waals surface area contributed by atoms with Gasteiger partial charge in [0.15, 0.2) is 0 Å². The summed E-state index contributed by atoms with van der Waals surface area (Å²) >= 11 is 0. The van der Waals surface area contributed by atoms with Crippen LogP contribution in [0.5, 0.6) is 0 Å². The van der Waals surface area contributed by atoms with Crippen LogP contribution >= 0.6 is 0 Å². The van der Waals surface area contributed by atoms with Crippen molar-refractivity contribution in [3.8, 4) is 0 Å². The molecule has 0 amide bonds. The van der Waals surface area contributed by atoms with E-state index in [0.717, 1.165) is 12.3 Å². The molecule has 96 valence electrons. The molecule has 1 unspecified atom stereocenters. The van der Waals surface area contributed by atoms with Gasteiger partial charge in [-0.05, 0) is 52.5 Å². The average Bonchev–Trinajstić information content (AvgIpc) is 2.31. The van der Waals surface area contributed by atoms with Crippen molar-refractivity contribution in [2.45, 2.75) is 70.4 Å². The predicted octanol–water partition coefficient (Wildman–Crippen LogP) is 3.36. The SMILES string of the molecule is CNC(CCC(C)(C)OC)C1CCCCC1. The highest BCUT2D eigenvalue weighted by Gasteiger charge is 2.25. The summed E-state index contributed by atoms with van der Waals surface area (Å²) in [6.45, 7) is 4.36. The Hall–Kier alpha value is -0.0800. The van der Waals surface area contributed by atoms with E-state index in [1.54, 1.807) is 0 Å². The van der Waals surface area contributed by atoms with Crippen molar-refractivity contribution in [2.24, 2.45) is 5.92 Å². The Bertz CT molecular complexity index is 185. The summed E-state index contributed by atoms with van der Waals surface area (Å²) in [6.07, 6.45) is 9.51. The maximum absolute atomic E-state index is 5.49. The maximum Gasteiger partial charge on any atom is 0.0623 e. The van der Waals surface area contributed by atoms with Crippen LogP contribution in [0.15, 0.2) is 0 Å². The highest BCUT2D eigenvalue weighted by Crippen LogP contribution is 2.29. The normalized spacial score (nSPS) is 21.0. The van der Waals surface area contributed by atoms with E-state index in [-0.39, 0.29) is 5.60 Å². The average molecular weight is 227 g/mol. The number of hydrogen-bond acceptors (Lipinski definition) is 2. The summed E-state index contributed by atoms with van der Waals surface area (Å²) in [7, 11) is 3.92. The lowest BCUT2D eigenvalue weighted by Crippen LogP contribution is -2.37. The van der Waals surface area contributed by atoms with Gasteiger partial charge in [-0.3, -0.25) is 0 Å². The molecule has 1 atom stereocenters. The van der Waals surface area contributed by atoms with E-state index in [1.807, 2.05) is 7.11 Å². The maximum atomic E-state index is 5.49. The minimum atomic E-state index is 0.0315. The third-order valence-corrected chi connectivity index (χ3v) is 4.20. The fourth-order valence-electron chi connectivity index (χ4n) is 2.76. The van der Waals surface area contributed by atoms with Crippen LogP contribution in [0, 0.1) is 5.92 Å². The Morgan fingerprint density at radius 1 is 1.25 bits per heavy atom. The Labute approximate surface area is 101 Å². The lowest BCUT2D eigenvalue weighted by Gasteiger charge is -2.32. The molecule has 0 saturated heterocycles. The van der Waals surface area contributed by atoms with Gasteiger partial charge in [-0.2, -0.15) is 0 Å². The van der Waals surface area contributed by atoms with Gasteiger partial charge in [0.05, 0.1) is 5.60 Å². The van der Waals surface area contributed by atoms with Gasteiger partial charge in [0.1, 0.15) is 0 Å². The largest absolute Gasteiger partial charge is 0.379 e. The molecule has 1 aliphatic rings. The molecule has 0 radical (unpaired) electrons. The van der Waals surface area contributed by atoms with E-state index >= 15 is 0 Å². The van der Waals surface area contributed by atoms with Gasteiger partial charge < -0.3 is 10.1 Å². The van der Waals surface area contributed by atoms with Crippen LogP contribution in [-0.2, 0) is 4.74 Å². The van der Waals surface area contributed by atoms with Crippen LogP contribution in [-0.4, -0.2) is 25.8 Å². The molecular formula is C14H29NO. The minimum Gasteiger partial charge on any atom is -0.379 e. The summed E-state index contributed by atoms with van der Waals surface area (Å²) in [5, 5.41) is 3.51. The quantitative estimate of drug-likeness (QED) is 0.751. The molecule has 1 N–H and O–H groups in total. The zero-order valence-electron chi connectivity index (χ0n) is 11.5. The van der Waals surface area contributed by atoms with Crippen molar-refractivity contribution in [3.63, 3.8) is 0 Å². The highest BCUT2D eigenvalue weighted by molar-refractivity contribution is 4.81. The fraction of sp³-hybridized carbons (Fsp3) is 1.00. The van der Waals surface area contributed by atoms with Crippen LogP contribution in [0.4, 0.5) is 0 Å². The molecule has 0 heterocycles. The summed E-state index contributed by atoms with van der Waals surface area (Å²) in [5.41, 5.74) is 0.0315. The second-order valence-corrected chi connectivity index (χ2v) is 5.80. The van der Waals surface area contributed by atoms with Crippen molar-refractivity contribution < 1.29 is 4.74 Å². The Balaban J connectivity index is 2.36. The summed E-state index contributed by atoms with van der Waals surface area (Å²) < 4.78 is 5.49. The first-order valence-electron chi connectivity index (χ1n) is 6.81. The van der Waals surface area contributed by atoms with Crippen LogP contribution in [0.2, 0.25) is 0 Å². The lowest BCUT2D eigenvalue weighted by atomic mass is 9.81. The smallest absolute Gasteiger partial charge is 0.0623 e. The summed E-state index contributed by atoms with van der Waals surface area (Å²) in [5.74, 6) is 0.895. The summed E-state index contributed by atoms with van der Waals surface area (Å²) in [4.78, 5) is 0. The molecule has 0 aliphatic heterocycles. The van der Waals surface area contributed by atoms with Crippen LogP contribution < -0.4 is 5.32 Å². The fourth-order valence-corrected chi connectivity index (χ4v) is 2.76. The first-order chi connectivity index (χ1) is 7.59. The van der Waals surface area contributed by atoms with Gasteiger partial charge >= 0.3 is 0 Å². The zero-order valence-corrected chi connectivity index (χ0v) is 11.5. The monoisotopic (exact) mass is 227 g/mol. The molecular weight excluding hydrogens is 198 g/mol. The molecule has 16 heavy (non-hydrogen) atoms. The Morgan fingerprint density at radius 3 is 2.38 bits per heavy atom. The van der Waals surface area contributed by atoms with E-state index in [2.05, 4.69) is 26.2 Å². The second-order valence-electron chi connectivity index (χ2n) is 5.80. The Kier molecular flexibility index (Phi) is 5.77. The van der Waals surface area contributed by atoms with Gasteiger partial charge in [-0.25, -0.2) is 0 Å². The van der Waals surface area contributed by atoms with E-state index in [1.165, 1.54) is 38.5 Å². The third-order valence-electron chi connectivity index (χ3n) is 4.20. The van der Waals surface area contributed by atoms with E-state index in [4.69, 9.17) is 4.74 Å². The number of ether oxygens (including phenoxy) is 1. The van der Waals surface area contributed by atoms with Crippen molar-refractivity contribution in [1.82, 2.24) is 5.32 Å². The van der Waals surface area contributed by atoms with Gasteiger partial charge in [0.2, 0.25) is 0 Å². The molecule has 1 saturated carbocycles. The van der Waals surface area contributed by atoms with Gasteiger partial charge in [0.25, 0.3) is 0 Å². The number of hydrogen-bond donors (Lipinski definition) is 1. The second kappa shape index (κ2) is 6.61. The van der Waals surface area contributed by atoms with Gasteiger partial charge in [0, 0.05) is 13.2 Å². The molecule has 1 fully saturated rings. The van der Waals surface area contributed by atoms with E-state index in [0.29, 0.717) is 6.04 Å². The van der Waals surface area contributed by atoms with Crippen molar-refractivity contribution in [3.05, 3.63) is 0 Å². The molecule has 0 spiro atoms. The molecule has 0 aromatic rings. The van der Waals surface area contributed by atoms with E-state index in [9.17, 15) is 0 Å². The highest BCUT2D eigenvalue weighted by atomic mass is 16.5. The first kappa shape index (κ1) is 14.0. The minimum absolute atomic E-state index is 0.0315. The number of nitrogens with one attached hydrogen (secondary N) is 1. The van der Waals surface area contributed by atoms with E-state index < -0.39 is 0 Å². The van der Waals surface area contributed by atoms with Crippen molar-refractivity contribution in [2.75, 3.05) is 14.2 Å². The number of methoxy groups -OCH3 is 1. The number of rotatable bonds is 6. The molecule has 2 nitrogen and oxygen atoms in total. The van der Waals surface area contributed by atoms with Crippen molar-refractivity contribution >= 4 is 0 Å². The molecule has 0 aromatic heterocycles. The van der Waals surface area contributed by atoms with Crippen LogP contribution in [0.3, 0.4) is 0 Å². The first-order valence-corrected chi connectivity index (χ1v) is 6.81. The standard InChI is InChI=1S/C14H29NO/c1-14(2,16-4)11-10-13(15-3)12-8-6-5-7-9-12/h12-13,15H,5-11H2,1-4H3. The molecule has 1 aliphatic carbocycles. The zero-order chi connectivity index (χ0) is 12.0. The van der Waals surface area contributed by atoms with Gasteiger partial charge in [-0.15, -0.1) is 0 Å². The molecule has 0 bridgehead atoms.